The summed E-state index contributed by atoms with van der Waals surface area (Å²) in [6, 6.07) is 0. The monoisotopic (exact) mass is 285 g/mol. The number of aliphatic hydroxyl groups is 1. The van der Waals surface area contributed by atoms with Crippen molar-refractivity contribution >= 4 is 17.7 Å². The van der Waals surface area contributed by atoms with Crippen molar-refractivity contribution in [1.82, 2.24) is 4.90 Å². The largest absolute Gasteiger partial charge is 0.417 e. The van der Waals surface area contributed by atoms with Gasteiger partial charge in [0.15, 0.2) is 5.60 Å². The second-order valence-corrected chi connectivity index (χ2v) is 5.49. The van der Waals surface area contributed by atoms with E-state index in [0.717, 1.165) is 0 Å². The van der Waals surface area contributed by atoms with Crippen LogP contribution in [0.2, 0.25) is 0 Å². The van der Waals surface area contributed by atoms with Crippen molar-refractivity contribution in [2.24, 2.45) is 0 Å². The SMILES string of the molecule is CSCCC(=O)N1CCCC(O)(C(F)(F)F)CC1. The number of carbonyl (C=O) groups is 1. The maximum absolute atomic E-state index is 12.7. The summed E-state index contributed by atoms with van der Waals surface area (Å²) in [6.07, 6.45) is -2.99. The van der Waals surface area contributed by atoms with Crippen molar-refractivity contribution in [3.8, 4) is 0 Å². The molecule has 1 aliphatic heterocycles. The van der Waals surface area contributed by atoms with Gasteiger partial charge in [0.05, 0.1) is 0 Å². The minimum atomic E-state index is -4.62. The number of rotatable bonds is 3. The summed E-state index contributed by atoms with van der Waals surface area (Å²) in [6.45, 7) is 0.273. The van der Waals surface area contributed by atoms with Crippen LogP contribution in [0.5, 0.6) is 0 Å². The molecule has 1 saturated heterocycles. The van der Waals surface area contributed by atoms with Crippen LogP contribution in [-0.2, 0) is 4.79 Å². The Bertz CT molecular complexity index is 299. The number of amides is 1. The van der Waals surface area contributed by atoms with E-state index in [9.17, 15) is 23.1 Å². The van der Waals surface area contributed by atoms with E-state index in [1.807, 2.05) is 6.26 Å². The van der Waals surface area contributed by atoms with Crippen molar-refractivity contribution in [2.45, 2.75) is 37.5 Å². The molecule has 1 unspecified atom stereocenters. The highest BCUT2D eigenvalue weighted by Gasteiger charge is 2.53. The highest BCUT2D eigenvalue weighted by Crippen LogP contribution is 2.38. The molecule has 0 radical (unpaired) electrons. The molecule has 0 spiro atoms. The van der Waals surface area contributed by atoms with E-state index in [0.29, 0.717) is 18.7 Å². The van der Waals surface area contributed by atoms with Crippen molar-refractivity contribution in [3.05, 3.63) is 0 Å². The van der Waals surface area contributed by atoms with Crippen molar-refractivity contribution in [2.75, 3.05) is 25.1 Å². The van der Waals surface area contributed by atoms with Crippen molar-refractivity contribution < 1.29 is 23.1 Å². The molecule has 18 heavy (non-hydrogen) atoms. The summed E-state index contributed by atoms with van der Waals surface area (Å²) in [7, 11) is 0. The number of alkyl halides is 3. The number of hydrogen-bond donors (Lipinski definition) is 1. The molecule has 106 valence electrons. The molecule has 3 nitrogen and oxygen atoms in total. The van der Waals surface area contributed by atoms with Crippen LogP contribution in [0.15, 0.2) is 0 Å². The van der Waals surface area contributed by atoms with Crippen LogP contribution in [0.4, 0.5) is 13.2 Å². The molecule has 0 saturated carbocycles. The molecule has 1 amide bonds. The molecule has 1 heterocycles. The zero-order chi connectivity index (χ0) is 13.8. The van der Waals surface area contributed by atoms with E-state index in [2.05, 4.69) is 0 Å². The minimum absolute atomic E-state index is 0.0246. The summed E-state index contributed by atoms with van der Waals surface area (Å²) in [5.41, 5.74) is -2.64. The average Bonchev–Trinajstić information content (AvgIpc) is 2.48. The fourth-order valence-corrected chi connectivity index (χ4v) is 2.38. The number of halogens is 3. The predicted octanol–water partition coefficient (Wildman–Crippen LogP) is 2.05. The van der Waals surface area contributed by atoms with Crippen molar-refractivity contribution in [3.63, 3.8) is 0 Å². The molecule has 0 aromatic carbocycles. The molecule has 1 N–H and O–H groups in total. The fraction of sp³-hybridized carbons (Fsp3) is 0.909. The van der Waals surface area contributed by atoms with Gasteiger partial charge in [0.25, 0.3) is 0 Å². The second kappa shape index (κ2) is 6.14. The van der Waals surface area contributed by atoms with Gasteiger partial charge in [0.2, 0.25) is 5.91 Å². The summed E-state index contributed by atoms with van der Waals surface area (Å²) < 4.78 is 38.0. The van der Waals surface area contributed by atoms with Gasteiger partial charge in [-0.05, 0) is 19.1 Å². The summed E-state index contributed by atoms with van der Waals surface area (Å²) in [5.74, 6) is 0.537. The third-order valence-corrected chi connectivity index (χ3v) is 3.83. The van der Waals surface area contributed by atoms with Gasteiger partial charge in [0, 0.05) is 31.7 Å². The first-order valence-corrected chi connectivity index (χ1v) is 7.25. The van der Waals surface area contributed by atoms with Gasteiger partial charge in [-0.3, -0.25) is 4.79 Å². The quantitative estimate of drug-likeness (QED) is 0.862. The fourth-order valence-electron chi connectivity index (χ4n) is 2.00. The summed E-state index contributed by atoms with van der Waals surface area (Å²) in [5, 5.41) is 9.60. The van der Waals surface area contributed by atoms with Crippen LogP contribution in [0, 0.1) is 0 Å². The highest BCUT2D eigenvalue weighted by molar-refractivity contribution is 7.98. The number of likely N-dealkylation sites (tertiary alicyclic amines) is 1. The Morgan fingerprint density at radius 1 is 1.39 bits per heavy atom. The lowest BCUT2D eigenvalue weighted by atomic mass is 9.94. The molecule has 0 aliphatic carbocycles. The van der Waals surface area contributed by atoms with E-state index < -0.39 is 18.2 Å². The lowest BCUT2D eigenvalue weighted by Gasteiger charge is -2.29. The van der Waals surface area contributed by atoms with Crippen LogP contribution in [0.3, 0.4) is 0 Å². The first-order chi connectivity index (χ1) is 8.30. The van der Waals surface area contributed by atoms with Crippen LogP contribution in [0.1, 0.15) is 25.7 Å². The van der Waals surface area contributed by atoms with E-state index in [1.165, 1.54) is 16.7 Å². The average molecular weight is 285 g/mol. The molecule has 0 bridgehead atoms. The van der Waals surface area contributed by atoms with E-state index in [4.69, 9.17) is 0 Å². The third-order valence-electron chi connectivity index (χ3n) is 3.21. The maximum atomic E-state index is 12.7. The number of carbonyl (C=O) groups excluding carboxylic acids is 1. The standard InChI is InChI=1S/C11H18F3NO2S/c1-18-8-3-9(16)15-6-2-4-10(17,5-7-15)11(12,13)14/h17H,2-8H2,1H3. The zero-order valence-electron chi connectivity index (χ0n) is 10.3. The molecule has 1 atom stereocenters. The molecular formula is C11H18F3NO2S. The molecule has 1 rings (SSSR count). The van der Waals surface area contributed by atoms with Gasteiger partial charge in [0.1, 0.15) is 0 Å². The van der Waals surface area contributed by atoms with E-state index in [-0.39, 0.29) is 25.3 Å². The Morgan fingerprint density at radius 3 is 2.61 bits per heavy atom. The second-order valence-electron chi connectivity index (χ2n) is 4.51. The van der Waals surface area contributed by atoms with Crippen LogP contribution in [0.25, 0.3) is 0 Å². The van der Waals surface area contributed by atoms with Crippen LogP contribution >= 0.6 is 11.8 Å². The van der Waals surface area contributed by atoms with Crippen LogP contribution in [-0.4, -0.2) is 52.8 Å². The Balaban J connectivity index is 2.59. The molecule has 0 aromatic rings. The first kappa shape index (κ1) is 15.6. The number of thioether (sulfide) groups is 1. The van der Waals surface area contributed by atoms with E-state index in [1.54, 1.807) is 0 Å². The third kappa shape index (κ3) is 3.78. The van der Waals surface area contributed by atoms with E-state index >= 15 is 0 Å². The van der Waals surface area contributed by atoms with Gasteiger partial charge >= 0.3 is 6.18 Å². The van der Waals surface area contributed by atoms with Crippen molar-refractivity contribution in [1.29, 1.82) is 0 Å². The smallest absolute Gasteiger partial charge is 0.380 e. The van der Waals surface area contributed by atoms with Gasteiger partial charge < -0.3 is 10.0 Å². The topological polar surface area (TPSA) is 40.5 Å². The lowest BCUT2D eigenvalue weighted by molar-refractivity contribution is -0.263. The Hall–Kier alpha value is -0.430. The lowest BCUT2D eigenvalue weighted by Crippen LogP contribution is -2.46. The van der Waals surface area contributed by atoms with Crippen LogP contribution < -0.4 is 0 Å². The van der Waals surface area contributed by atoms with Gasteiger partial charge in [-0.2, -0.15) is 24.9 Å². The molecule has 1 aliphatic rings. The molecular weight excluding hydrogens is 267 g/mol. The Kier molecular flexibility index (Phi) is 5.33. The number of hydrogen-bond acceptors (Lipinski definition) is 3. The van der Waals surface area contributed by atoms with Gasteiger partial charge in [-0.1, -0.05) is 0 Å². The normalized spacial score (nSPS) is 25.9. The summed E-state index contributed by atoms with van der Waals surface area (Å²) >= 11 is 1.53. The molecule has 1 fully saturated rings. The molecule has 7 heteroatoms. The zero-order valence-corrected chi connectivity index (χ0v) is 11.1. The predicted molar refractivity (Wildman–Crippen MR) is 64.4 cm³/mol. The minimum Gasteiger partial charge on any atom is -0.380 e. The highest BCUT2D eigenvalue weighted by atomic mass is 32.2. The first-order valence-electron chi connectivity index (χ1n) is 5.86. The Morgan fingerprint density at radius 2 is 2.06 bits per heavy atom. The molecule has 0 aromatic heterocycles. The number of nitrogens with zero attached hydrogens (tertiary/aromatic N) is 1. The maximum Gasteiger partial charge on any atom is 0.417 e. The Labute approximate surface area is 109 Å². The van der Waals surface area contributed by atoms with Gasteiger partial charge in [-0.15, -0.1) is 0 Å². The van der Waals surface area contributed by atoms with Gasteiger partial charge in [-0.25, -0.2) is 0 Å². The summed E-state index contributed by atoms with van der Waals surface area (Å²) in [4.78, 5) is 13.2.